The van der Waals surface area contributed by atoms with Gasteiger partial charge in [-0.1, -0.05) is 17.3 Å². The van der Waals surface area contributed by atoms with Gasteiger partial charge in [0.1, 0.15) is 12.2 Å². The van der Waals surface area contributed by atoms with Crippen LogP contribution >= 0.6 is 0 Å². The number of benzene rings is 1. The molecule has 0 radical (unpaired) electrons. The predicted molar refractivity (Wildman–Crippen MR) is 98.7 cm³/mol. The van der Waals surface area contributed by atoms with E-state index >= 15 is 0 Å². The van der Waals surface area contributed by atoms with Crippen molar-refractivity contribution in [3.8, 4) is 0 Å². The standard InChI is InChI=1S/C20H16F9N3O2/c1-10-5-12(4-3-11(10)6-13(33)8-18(21,22)23)14-9-17(34-31-14,20(27,28)29)16-7-15(19(24,25)26)30-32(16)2/h3-5,7H,6,8-9H2,1-2H3. The smallest absolute Gasteiger partial charge is 0.372 e. The Hall–Kier alpha value is -3.06. The molecule has 1 aliphatic rings. The van der Waals surface area contributed by atoms with Gasteiger partial charge in [-0.15, -0.1) is 0 Å². The second-order valence-electron chi connectivity index (χ2n) is 7.82. The number of aryl methyl sites for hydroxylation is 2. The van der Waals surface area contributed by atoms with Gasteiger partial charge < -0.3 is 4.84 Å². The maximum Gasteiger partial charge on any atom is 0.437 e. The molecular formula is C20H16F9N3O2. The number of carbonyl (C=O) groups excluding carboxylic acids is 1. The second-order valence-corrected chi connectivity index (χ2v) is 7.82. The number of halogens is 9. The van der Waals surface area contributed by atoms with Crippen molar-refractivity contribution in [2.75, 3.05) is 0 Å². The number of alkyl halides is 9. The summed E-state index contributed by atoms with van der Waals surface area (Å²) in [5.74, 6) is -1.09. The fourth-order valence-corrected chi connectivity index (χ4v) is 3.58. The monoisotopic (exact) mass is 501 g/mol. The zero-order valence-electron chi connectivity index (χ0n) is 17.5. The summed E-state index contributed by atoms with van der Waals surface area (Å²) in [5.41, 5.74) is -5.26. The minimum atomic E-state index is -5.17. The van der Waals surface area contributed by atoms with Gasteiger partial charge in [0.05, 0.1) is 17.8 Å². The quantitative estimate of drug-likeness (QED) is 0.516. The molecule has 0 aliphatic carbocycles. The molecule has 2 aromatic rings. The zero-order valence-corrected chi connectivity index (χ0v) is 17.5. The van der Waals surface area contributed by atoms with Gasteiger partial charge in [0.25, 0.3) is 5.60 Å². The lowest BCUT2D eigenvalue weighted by Crippen LogP contribution is -2.44. The van der Waals surface area contributed by atoms with E-state index < -0.39 is 60.6 Å². The number of nitrogens with zero attached hydrogens (tertiary/aromatic N) is 3. The zero-order chi connectivity index (χ0) is 25.7. The number of hydrogen-bond acceptors (Lipinski definition) is 4. The third kappa shape index (κ3) is 5.04. The first-order valence-corrected chi connectivity index (χ1v) is 9.55. The number of oxime groups is 1. The van der Waals surface area contributed by atoms with Crippen molar-refractivity contribution >= 4 is 11.5 Å². The van der Waals surface area contributed by atoms with Crippen molar-refractivity contribution in [3.05, 3.63) is 52.3 Å². The average molecular weight is 501 g/mol. The van der Waals surface area contributed by atoms with Crippen LogP contribution in [-0.4, -0.2) is 33.6 Å². The van der Waals surface area contributed by atoms with Crippen LogP contribution in [-0.2, 0) is 34.9 Å². The summed E-state index contributed by atoms with van der Waals surface area (Å²) in [4.78, 5) is 16.3. The molecule has 0 amide bonds. The third-order valence-electron chi connectivity index (χ3n) is 5.23. The minimum Gasteiger partial charge on any atom is -0.372 e. The van der Waals surface area contributed by atoms with Crippen LogP contribution < -0.4 is 0 Å². The highest BCUT2D eigenvalue weighted by Gasteiger charge is 2.64. The molecule has 1 aliphatic heterocycles. The van der Waals surface area contributed by atoms with E-state index in [1.165, 1.54) is 25.1 Å². The normalized spacial score (nSPS) is 19.2. The van der Waals surface area contributed by atoms with Crippen molar-refractivity contribution in [2.45, 2.75) is 50.3 Å². The van der Waals surface area contributed by atoms with E-state index in [4.69, 9.17) is 4.84 Å². The molecule has 1 aromatic carbocycles. The Morgan fingerprint density at radius 1 is 1.09 bits per heavy atom. The van der Waals surface area contributed by atoms with Crippen molar-refractivity contribution in [2.24, 2.45) is 12.2 Å². The number of ketones is 1. The van der Waals surface area contributed by atoms with Crippen LogP contribution in [0, 0.1) is 6.92 Å². The highest BCUT2D eigenvalue weighted by atomic mass is 19.4. The van der Waals surface area contributed by atoms with Crippen LogP contribution in [0.3, 0.4) is 0 Å². The van der Waals surface area contributed by atoms with Gasteiger partial charge in [-0.2, -0.15) is 44.6 Å². The maximum absolute atomic E-state index is 14.0. The molecule has 0 N–H and O–H groups in total. The largest absolute Gasteiger partial charge is 0.437 e. The van der Waals surface area contributed by atoms with E-state index in [9.17, 15) is 44.3 Å². The number of carbonyl (C=O) groups is 1. The molecule has 0 spiro atoms. The lowest BCUT2D eigenvalue weighted by Gasteiger charge is -2.28. The molecule has 0 bridgehead atoms. The molecule has 3 rings (SSSR count). The fourth-order valence-electron chi connectivity index (χ4n) is 3.58. The number of rotatable bonds is 5. The Bertz CT molecular complexity index is 1130. The van der Waals surface area contributed by atoms with E-state index in [-0.39, 0.29) is 22.9 Å². The summed E-state index contributed by atoms with van der Waals surface area (Å²) in [6.07, 6.45) is -17.9. The Labute approximate surface area is 186 Å². The van der Waals surface area contributed by atoms with E-state index in [0.29, 0.717) is 10.2 Å². The Morgan fingerprint density at radius 2 is 1.74 bits per heavy atom. The van der Waals surface area contributed by atoms with Gasteiger partial charge in [0, 0.05) is 13.5 Å². The maximum atomic E-state index is 14.0. The van der Waals surface area contributed by atoms with Gasteiger partial charge in [-0.05, 0) is 35.7 Å². The van der Waals surface area contributed by atoms with E-state index in [0.717, 1.165) is 7.05 Å². The van der Waals surface area contributed by atoms with Crippen molar-refractivity contribution in [3.63, 3.8) is 0 Å². The van der Waals surface area contributed by atoms with E-state index in [1.54, 1.807) is 0 Å². The summed E-state index contributed by atoms with van der Waals surface area (Å²) < 4.78 is 119. The Morgan fingerprint density at radius 3 is 2.24 bits per heavy atom. The van der Waals surface area contributed by atoms with Gasteiger partial charge in [-0.25, -0.2) is 0 Å². The summed E-state index contributed by atoms with van der Waals surface area (Å²) in [6, 6.07) is 4.09. The van der Waals surface area contributed by atoms with Gasteiger partial charge >= 0.3 is 18.5 Å². The van der Waals surface area contributed by atoms with Gasteiger partial charge in [0.2, 0.25) is 0 Å². The van der Waals surface area contributed by atoms with Crippen LogP contribution in [0.15, 0.2) is 29.4 Å². The number of aromatic nitrogens is 2. The van der Waals surface area contributed by atoms with Crippen LogP contribution in [0.25, 0.3) is 0 Å². The van der Waals surface area contributed by atoms with E-state index in [1.807, 2.05) is 0 Å². The first-order valence-electron chi connectivity index (χ1n) is 9.55. The third-order valence-corrected chi connectivity index (χ3v) is 5.23. The molecule has 5 nitrogen and oxygen atoms in total. The van der Waals surface area contributed by atoms with E-state index in [2.05, 4.69) is 10.3 Å². The van der Waals surface area contributed by atoms with Crippen LogP contribution in [0.5, 0.6) is 0 Å². The minimum absolute atomic E-state index is 0.105. The fraction of sp³-hybridized carbons (Fsp3) is 0.450. The number of Topliss-reactive ketones (excluding diaryl/α,β-unsaturated/α-hetero) is 1. The first-order chi connectivity index (χ1) is 15.4. The first kappa shape index (κ1) is 25.6. The topological polar surface area (TPSA) is 56.5 Å². The van der Waals surface area contributed by atoms with Crippen molar-refractivity contribution < 1.29 is 49.1 Å². The predicted octanol–water partition coefficient (Wildman–Crippen LogP) is 5.39. The molecule has 1 unspecified atom stereocenters. The Kier molecular flexibility index (Phi) is 6.25. The molecule has 1 atom stereocenters. The SMILES string of the molecule is Cc1cc(C2=NOC(c3cc(C(F)(F)F)nn3C)(C(F)(F)F)C2)ccc1CC(=O)CC(F)(F)F. The molecule has 186 valence electrons. The summed E-state index contributed by atoms with van der Waals surface area (Å²) in [5, 5.41) is 6.56. The molecular weight excluding hydrogens is 485 g/mol. The molecule has 1 aromatic heterocycles. The van der Waals surface area contributed by atoms with Crippen LogP contribution in [0.1, 0.15) is 40.9 Å². The lowest BCUT2D eigenvalue weighted by molar-refractivity contribution is -0.278. The van der Waals surface area contributed by atoms with Crippen molar-refractivity contribution in [1.82, 2.24) is 9.78 Å². The lowest BCUT2D eigenvalue weighted by atomic mass is 9.89. The summed E-state index contributed by atoms with van der Waals surface area (Å²) >= 11 is 0. The summed E-state index contributed by atoms with van der Waals surface area (Å²) in [6.45, 7) is 1.45. The molecule has 0 saturated carbocycles. The van der Waals surface area contributed by atoms with Crippen molar-refractivity contribution in [1.29, 1.82) is 0 Å². The highest BCUT2D eigenvalue weighted by Crippen LogP contribution is 2.49. The summed E-state index contributed by atoms with van der Waals surface area (Å²) in [7, 11) is 0.913. The van der Waals surface area contributed by atoms with Gasteiger partial charge in [0.15, 0.2) is 5.69 Å². The molecule has 0 saturated heterocycles. The molecule has 34 heavy (non-hydrogen) atoms. The van der Waals surface area contributed by atoms with Crippen LogP contribution in [0.4, 0.5) is 39.5 Å². The Balaban J connectivity index is 1.89. The molecule has 0 fully saturated rings. The second kappa shape index (κ2) is 8.31. The average Bonchev–Trinajstić information content (AvgIpc) is 3.26. The number of hydrogen-bond donors (Lipinski definition) is 0. The van der Waals surface area contributed by atoms with Gasteiger partial charge in [-0.3, -0.25) is 9.48 Å². The molecule has 2 heterocycles. The molecule has 14 heteroatoms. The van der Waals surface area contributed by atoms with Crippen LogP contribution in [0.2, 0.25) is 0 Å². The highest BCUT2D eigenvalue weighted by molar-refractivity contribution is 6.02.